The quantitative estimate of drug-likeness (QED) is 0.735. The first kappa shape index (κ1) is 13.8. The topological polar surface area (TPSA) is 53.6 Å². The van der Waals surface area contributed by atoms with Crippen LogP contribution in [-0.2, 0) is 9.53 Å². The van der Waals surface area contributed by atoms with Crippen molar-refractivity contribution in [1.29, 1.82) is 0 Å². The molecule has 2 rings (SSSR count). The van der Waals surface area contributed by atoms with Gasteiger partial charge in [-0.05, 0) is 39.3 Å². The standard InChI is InChI=1S/C13H25N3O2/c1-10-12(15-5-8-18-10)13(17)16-6-3-11(4-7-16)9-14-2/h10-12,14-15H,3-9H2,1-2H3/t10-,12+/m1/s1. The Hall–Kier alpha value is -0.650. The molecule has 0 saturated carbocycles. The smallest absolute Gasteiger partial charge is 0.242 e. The lowest BCUT2D eigenvalue weighted by atomic mass is 9.96. The third-order valence-electron chi connectivity index (χ3n) is 4.00. The number of hydrogen-bond donors (Lipinski definition) is 2. The second-order valence-electron chi connectivity index (χ2n) is 5.33. The van der Waals surface area contributed by atoms with Gasteiger partial charge in [0.1, 0.15) is 6.04 Å². The van der Waals surface area contributed by atoms with Crippen LogP contribution in [0.4, 0.5) is 0 Å². The van der Waals surface area contributed by atoms with E-state index in [2.05, 4.69) is 10.6 Å². The highest BCUT2D eigenvalue weighted by atomic mass is 16.5. The van der Waals surface area contributed by atoms with Crippen LogP contribution >= 0.6 is 0 Å². The Morgan fingerprint density at radius 1 is 1.44 bits per heavy atom. The highest BCUT2D eigenvalue weighted by molar-refractivity contribution is 5.82. The Bertz CT molecular complexity index is 277. The lowest BCUT2D eigenvalue weighted by molar-refractivity contribution is -0.140. The molecule has 2 aliphatic heterocycles. The van der Waals surface area contributed by atoms with Gasteiger partial charge in [0.2, 0.25) is 5.91 Å². The molecule has 2 heterocycles. The minimum Gasteiger partial charge on any atom is -0.375 e. The van der Waals surface area contributed by atoms with Crippen LogP contribution in [0.15, 0.2) is 0 Å². The fraction of sp³-hybridized carbons (Fsp3) is 0.923. The lowest BCUT2D eigenvalue weighted by Gasteiger charge is -2.37. The third kappa shape index (κ3) is 3.22. The van der Waals surface area contributed by atoms with Crippen LogP contribution < -0.4 is 10.6 Å². The van der Waals surface area contributed by atoms with Crippen molar-refractivity contribution < 1.29 is 9.53 Å². The molecule has 0 aromatic carbocycles. The van der Waals surface area contributed by atoms with Gasteiger partial charge in [-0.2, -0.15) is 0 Å². The summed E-state index contributed by atoms with van der Waals surface area (Å²) in [6.07, 6.45) is 2.20. The Labute approximate surface area is 109 Å². The summed E-state index contributed by atoms with van der Waals surface area (Å²) in [6.45, 7) is 6.28. The second kappa shape index (κ2) is 6.50. The van der Waals surface area contributed by atoms with Crippen molar-refractivity contribution in [3.63, 3.8) is 0 Å². The first-order valence-electron chi connectivity index (χ1n) is 7.00. The normalized spacial score (nSPS) is 30.4. The van der Waals surface area contributed by atoms with Crippen molar-refractivity contribution in [2.24, 2.45) is 5.92 Å². The molecule has 18 heavy (non-hydrogen) atoms. The minimum atomic E-state index is -0.153. The molecule has 0 aliphatic carbocycles. The van der Waals surface area contributed by atoms with Gasteiger partial charge < -0.3 is 20.3 Å². The average molecular weight is 255 g/mol. The molecule has 2 fully saturated rings. The summed E-state index contributed by atoms with van der Waals surface area (Å²) in [4.78, 5) is 14.4. The number of carbonyl (C=O) groups excluding carboxylic acids is 1. The Morgan fingerprint density at radius 2 is 2.17 bits per heavy atom. The molecule has 0 aromatic heterocycles. The Morgan fingerprint density at radius 3 is 2.78 bits per heavy atom. The van der Waals surface area contributed by atoms with Gasteiger partial charge in [0, 0.05) is 19.6 Å². The first-order chi connectivity index (χ1) is 8.72. The predicted octanol–water partition coefficient (Wildman–Crippen LogP) is -0.179. The van der Waals surface area contributed by atoms with Gasteiger partial charge in [0.25, 0.3) is 0 Å². The minimum absolute atomic E-state index is 0.0127. The maximum absolute atomic E-state index is 12.4. The van der Waals surface area contributed by atoms with E-state index in [-0.39, 0.29) is 18.1 Å². The molecule has 0 radical (unpaired) electrons. The number of likely N-dealkylation sites (tertiary alicyclic amines) is 1. The molecule has 2 N–H and O–H groups in total. The molecule has 2 saturated heterocycles. The van der Waals surface area contributed by atoms with Crippen LogP contribution in [0, 0.1) is 5.92 Å². The largest absolute Gasteiger partial charge is 0.375 e. The van der Waals surface area contributed by atoms with E-state index in [0.29, 0.717) is 12.5 Å². The molecule has 0 bridgehead atoms. The summed E-state index contributed by atoms with van der Waals surface area (Å²) in [6, 6.07) is -0.153. The summed E-state index contributed by atoms with van der Waals surface area (Å²) in [5.74, 6) is 0.928. The summed E-state index contributed by atoms with van der Waals surface area (Å²) in [7, 11) is 1.99. The first-order valence-corrected chi connectivity index (χ1v) is 7.00. The molecule has 104 valence electrons. The van der Waals surface area contributed by atoms with E-state index in [1.54, 1.807) is 0 Å². The number of hydrogen-bond acceptors (Lipinski definition) is 4. The molecule has 1 amide bonds. The van der Waals surface area contributed by atoms with Crippen molar-refractivity contribution in [3.8, 4) is 0 Å². The van der Waals surface area contributed by atoms with E-state index >= 15 is 0 Å². The van der Waals surface area contributed by atoms with Crippen molar-refractivity contribution in [2.45, 2.75) is 31.9 Å². The molecule has 2 aliphatic rings. The molecule has 5 heteroatoms. The zero-order valence-corrected chi connectivity index (χ0v) is 11.4. The van der Waals surface area contributed by atoms with Gasteiger partial charge in [-0.1, -0.05) is 0 Å². The fourth-order valence-corrected chi connectivity index (χ4v) is 2.85. The van der Waals surface area contributed by atoms with Gasteiger partial charge >= 0.3 is 0 Å². The van der Waals surface area contributed by atoms with Crippen LogP contribution in [0.1, 0.15) is 19.8 Å². The van der Waals surface area contributed by atoms with E-state index in [1.807, 2.05) is 18.9 Å². The molecule has 2 atom stereocenters. The van der Waals surface area contributed by atoms with Crippen LogP contribution in [0.25, 0.3) is 0 Å². The summed E-state index contributed by atoms with van der Waals surface area (Å²) >= 11 is 0. The molecule has 0 unspecified atom stereocenters. The van der Waals surface area contributed by atoms with Crippen molar-refractivity contribution in [2.75, 3.05) is 39.8 Å². The van der Waals surface area contributed by atoms with E-state index < -0.39 is 0 Å². The Balaban J connectivity index is 1.83. The number of carbonyl (C=O) groups is 1. The molecular formula is C13H25N3O2. The van der Waals surface area contributed by atoms with E-state index in [9.17, 15) is 4.79 Å². The number of morpholine rings is 1. The molecular weight excluding hydrogens is 230 g/mol. The number of rotatable bonds is 3. The highest BCUT2D eigenvalue weighted by Gasteiger charge is 2.33. The zero-order chi connectivity index (χ0) is 13.0. The van der Waals surface area contributed by atoms with E-state index in [4.69, 9.17) is 4.74 Å². The van der Waals surface area contributed by atoms with E-state index in [0.717, 1.165) is 39.0 Å². The monoisotopic (exact) mass is 255 g/mol. The number of ether oxygens (including phenoxy) is 1. The summed E-state index contributed by atoms with van der Waals surface area (Å²) < 4.78 is 5.54. The van der Waals surface area contributed by atoms with Gasteiger partial charge in [-0.3, -0.25) is 4.79 Å². The fourth-order valence-electron chi connectivity index (χ4n) is 2.85. The summed E-state index contributed by atoms with van der Waals surface area (Å²) in [5, 5.41) is 6.49. The van der Waals surface area contributed by atoms with Gasteiger partial charge in [0.05, 0.1) is 12.7 Å². The second-order valence-corrected chi connectivity index (χ2v) is 5.33. The SMILES string of the molecule is CNCC1CCN(C(=O)[C@H]2NCCO[C@@H]2C)CC1. The van der Waals surface area contributed by atoms with Gasteiger partial charge in [-0.15, -0.1) is 0 Å². The maximum atomic E-state index is 12.4. The van der Waals surface area contributed by atoms with Crippen molar-refractivity contribution in [3.05, 3.63) is 0 Å². The van der Waals surface area contributed by atoms with Crippen LogP contribution in [-0.4, -0.2) is 62.8 Å². The van der Waals surface area contributed by atoms with E-state index in [1.165, 1.54) is 0 Å². The predicted molar refractivity (Wildman–Crippen MR) is 70.4 cm³/mol. The van der Waals surface area contributed by atoms with Gasteiger partial charge in [0.15, 0.2) is 0 Å². The van der Waals surface area contributed by atoms with Gasteiger partial charge in [-0.25, -0.2) is 0 Å². The lowest BCUT2D eigenvalue weighted by Crippen LogP contribution is -2.57. The molecule has 0 spiro atoms. The van der Waals surface area contributed by atoms with Crippen LogP contribution in [0.3, 0.4) is 0 Å². The number of piperidine rings is 1. The number of nitrogens with zero attached hydrogens (tertiary/aromatic N) is 1. The third-order valence-corrected chi connectivity index (χ3v) is 4.00. The van der Waals surface area contributed by atoms with Crippen molar-refractivity contribution in [1.82, 2.24) is 15.5 Å². The summed E-state index contributed by atoms with van der Waals surface area (Å²) in [5.41, 5.74) is 0. The zero-order valence-electron chi connectivity index (χ0n) is 11.4. The van der Waals surface area contributed by atoms with Crippen LogP contribution in [0.5, 0.6) is 0 Å². The Kier molecular flexibility index (Phi) is 4.97. The highest BCUT2D eigenvalue weighted by Crippen LogP contribution is 2.18. The average Bonchev–Trinajstić information content (AvgIpc) is 2.40. The maximum Gasteiger partial charge on any atom is 0.242 e. The molecule has 5 nitrogen and oxygen atoms in total. The number of amides is 1. The number of nitrogens with one attached hydrogen (secondary N) is 2. The van der Waals surface area contributed by atoms with Crippen LogP contribution in [0.2, 0.25) is 0 Å². The molecule has 0 aromatic rings. The van der Waals surface area contributed by atoms with Crippen molar-refractivity contribution >= 4 is 5.91 Å².